The van der Waals surface area contributed by atoms with Crippen molar-refractivity contribution in [3.8, 4) is 11.5 Å². The second kappa shape index (κ2) is 8.55. The number of anilines is 1. The molecule has 0 unspecified atom stereocenters. The van der Waals surface area contributed by atoms with Crippen LogP contribution in [0.4, 0.5) is 5.82 Å². The van der Waals surface area contributed by atoms with Crippen molar-refractivity contribution in [1.82, 2.24) is 9.78 Å². The third-order valence-electron chi connectivity index (χ3n) is 4.48. The number of amides is 1. The Morgan fingerprint density at radius 3 is 2.64 bits per heavy atom. The van der Waals surface area contributed by atoms with Crippen LogP contribution in [0, 0.1) is 0 Å². The highest BCUT2D eigenvalue weighted by atomic mass is 16.5. The summed E-state index contributed by atoms with van der Waals surface area (Å²) in [5.74, 6) is 2.37. The predicted molar refractivity (Wildman–Crippen MR) is 96.1 cm³/mol. The van der Waals surface area contributed by atoms with Crippen LogP contribution in [-0.4, -0.2) is 29.4 Å². The maximum Gasteiger partial charge on any atom is 0.225 e. The number of nitrogens with one attached hydrogen (secondary N) is 1. The number of methoxy groups -OCH3 is 1. The molecule has 1 amide bonds. The molecule has 6 heteroatoms. The summed E-state index contributed by atoms with van der Waals surface area (Å²) >= 11 is 0. The fraction of sp³-hybridized carbons (Fsp3) is 0.474. The lowest BCUT2D eigenvalue weighted by Crippen LogP contribution is -2.18. The van der Waals surface area contributed by atoms with Crippen molar-refractivity contribution >= 4 is 11.7 Å². The Bertz CT molecular complexity index is 675. The normalized spacial score (nSPS) is 14.4. The molecule has 0 saturated heterocycles. The molecule has 0 aliphatic heterocycles. The van der Waals surface area contributed by atoms with Crippen molar-refractivity contribution in [3.05, 3.63) is 36.5 Å². The quantitative estimate of drug-likeness (QED) is 0.740. The number of benzene rings is 1. The van der Waals surface area contributed by atoms with Crippen molar-refractivity contribution in [2.45, 2.75) is 44.6 Å². The number of hydrogen-bond donors (Lipinski definition) is 1. The van der Waals surface area contributed by atoms with Crippen LogP contribution in [-0.2, 0) is 4.79 Å². The summed E-state index contributed by atoms with van der Waals surface area (Å²) in [4.78, 5) is 12.1. The average molecular weight is 343 g/mol. The zero-order valence-electron chi connectivity index (χ0n) is 14.6. The number of aromatic nitrogens is 2. The number of ether oxygens (including phenoxy) is 2. The fourth-order valence-corrected chi connectivity index (χ4v) is 3.15. The molecular formula is C19H25N3O3. The Morgan fingerprint density at radius 2 is 1.92 bits per heavy atom. The Morgan fingerprint density at radius 1 is 1.20 bits per heavy atom. The Labute approximate surface area is 148 Å². The zero-order chi connectivity index (χ0) is 17.5. The summed E-state index contributed by atoms with van der Waals surface area (Å²) in [5.41, 5.74) is 0. The molecule has 0 spiro atoms. The minimum Gasteiger partial charge on any atom is -0.497 e. The van der Waals surface area contributed by atoms with Crippen LogP contribution >= 0.6 is 0 Å². The third-order valence-corrected chi connectivity index (χ3v) is 4.48. The van der Waals surface area contributed by atoms with E-state index < -0.39 is 0 Å². The van der Waals surface area contributed by atoms with Gasteiger partial charge in [-0.05, 0) is 43.5 Å². The minimum absolute atomic E-state index is 0.00178. The molecule has 1 aliphatic rings. The van der Waals surface area contributed by atoms with Crippen LogP contribution in [0.2, 0.25) is 0 Å². The minimum atomic E-state index is -0.00178. The van der Waals surface area contributed by atoms with Gasteiger partial charge in [-0.1, -0.05) is 12.8 Å². The summed E-state index contributed by atoms with van der Waals surface area (Å²) in [6.45, 7) is 0.502. The van der Waals surface area contributed by atoms with E-state index in [2.05, 4.69) is 10.4 Å². The monoisotopic (exact) mass is 343 g/mol. The van der Waals surface area contributed by atoms with Crippen LogP contribution in [0.15, 0.2) is 36.5 Å². The van der Waals surface area contributed by atoms with Gasteiger partial charge in [0.25, 0.3) is 0 Å². The van der Waals surface area contributed by atoms with Crippen molar-refractivity contribution in [3.63, 3.8) is 0 Å². The molecule has 0 radical (unpaired) electrons. The maximum atomic E-state index is 12.1. The first kappa shape index (κ1) is 17.3. The predicted octanol–water partition coefficient (Wildman–Crippen LogP) is 3.80. The van der Waals surface area contributed by atoms with Gasteiger partial charge in [0.05, 0.1) is 26.0 Å². The SMILES string of the molecule is COc1ccc(OCCCC(=O)Nc2ccnn2C2CCCC2)cc1. The summed E-state index contributed by atoms with van der Waals surface area (Å²) in [6, 6.07) is 9.71. The van der Waals surface area contributed by atoms with E-state index in [0.29, 0.717) is 25.5 Å². The summed E-state index contributed by atoms with van der Waals surface area (Å²) in [7, 11) is 1.63. The second-order valence-corrected chi connectivity index (χ2v) is 6.28. The molecule has 2 aromatic rings. The second-order valence-electron chi connectivity index (χ2n) is 6.28. The average Bonchev–Trinajstić information content (AvgIpc) is 3.30. The molecule has 1 fully saturated rings. The number of rotatable bonds is 8. The summed E-state index contributed by atoms with van der Waals surface area (Å²) < 4.78 is 12.7. The number of carbonyl (C=O) groups excluding carboxylic acids is 1. The Hall–Kier alpha value is -2.50. The maximum absolute atomic E-state index is 12.1. The third kappa shape index (κ3) is 4.75. The number of hydrogen-bond acceptors (Lipinski definition) is 4. The molecule has 1 aliphatic carbocycles. The van der Waals surface area contributed by atoms with E-state index in [1.807, 2.05) is 35.0 Å². The molecule has 1 aromatic carbocycles. The van der Waals surface area contributed by atoms with Gasteiger partial charge in [0, 0.05) is 12.5 Å². The first-order valence-corrected chi connectivity index (χ1v) is 8.86. The molecule has 0 atom stereocenters. The van der Waals surface area contributed by atoms with Gasteiger partial charge in [-0.25, -0.2) is 4.68 Å². The van der Waals surface area contributed by atoms with E-state index in [1.54, 1.807) is 13.3 Å². The van der Waals surface area contributed by atoms with Crippen molar-refractivity contribution in [1.29, 1.82) is 0 Å². The molecule has 25 heavy (non-hydrogen) atoms. The van der Waals surface area contributed by atoms with Crippen molar-refractivity contribution < 1.29 is 14.3 Å². The molecule has 1 heterocycles. The largest absolute Gasteiger partial charge is 0.497 e. The first-order chi connectivity index (χ1) is 12.3. The molecular weight excluding hydrogens is 318 g/mol. The molecule has 1 aromatic heterocycles. The first-order valence-electron chi connectivity index (χ1n) is 8.86. The van der Waals surface area contributed by atoms with Crippen molar-refractivity contribution in [2.24, 2.45) is 0 Å². The van der Waals surface area contributed by atoms with Gasteiger partial charge in [0.15, 0.2) is 0 Å². The van der Waals surface area contributed by atoms with Gasteiger partial charge < -0.3 is 14.8 Å². The van der Waals surface area contributed by atoms with Crippen LogP contribution in [0.5, 0.6) is 11.5 Å². The van der Waals surface area contributed by atoms with Crippen molar-refractivity contribution in [2.75, 3.05) is 19.0 Å². The lowest BCUT2D eigenvalue weighted by atomic mass is 10.2. The summed E-state index contributed by atoms with van der Waals surface area (Å²) in [5, 5.41) is 7.34. The molecule has 3 rings (SSSR count). The molecule has 1 saturated carbocycles. The van der Waals surface area contributed by atoms with Gasteiger partial charge >= 0.3 is 0 Å². The van der Waals surface area contributed by atoms with Gasteiger partial charge in [-0.3, -0.25) is 4.79 Å². The highest BCUT2D eigenvalue weighted by Gasteiger charge is 2.20. The Kier molecular flexibility index (Phi) is 5.93. The topological polar surface area (TPSA) is 65.4 Å². The van der Waals surface area contributed by atoms with E-state index in [-0.39, 0.29) is 5.91 Å². The molecule has 1 N–H and O–H groups in total. The molecule has 134 valence electrons. The van der Waals surface area contributed by atoms with Gasteiger partial charge in [-0.2, -0.15) is 5.10 Å². The highest BCUT2D eigenvalue weighted by molar-refractivity contribution is 5.89. The van der Waals surface area contributed by atoms with Gasteiger partial charge in [-0.15, -0.1) is 0 Å². The Balaban J connectivity index is 1.40. The fourth-order valence-electron chi connectivity index (χ4n) is 3.15. The zero-order valence-corrected chi connectivity index (χ0v) is 14.6. The van der Waals surface area contributed by atoms with E-state index in [4.69, 9.17) is 9.47 Å². The highest BCUT2D eigenvalue weighted by Crippen LogP contribution is 2.31. The lowest BCUT2D eigenvalue weighted by Gasteiger charge is -2.14. The van der Waals surface area contributed by atoms with Crippen LogP contribution < -0.4 is 14.8 Å². The van der Waals surface area contributed by atoms with E-state index in [9.17, 15) is 4.79 Å². The number of carbonyl (C=O) groups is 1. The van der Waals surface area contributed by atoms with Crippen LogP contribution in [0.1, 0.15) is 44.6 Å². The molecule has 0 bridgehead atoms. The van der Waals surface area contributed by atoms with E-state index in [1.165, 1.54) is 12.8 Å². The smallest absolute Gasteiger partial charge is 0.225 e. The standard InChI is InChI=1S/C19H25N3O3/c1-24-16-8-10-17(11-9-16)25-14-4-7-19(23)21-18-12-13-20-22(18)15-5-2-3-6-15/h8-13,15H,2-7,14H2,1H3,(H,21,23). The summed E-state index contributed by atoms with van der Waals surface area (Å²) in [6.07, 6.45) is 7.59. The number of nitrogens with zero attached hydrogens (tertiary/aromatic N) is 2. The molecule has 6 nitrogen and oxygen atoms in total. The van der Waals surface area contributed by atoms with E-state index in [0.717, 1.165) is 30.2 Å². The van der Waals surface area contributed by atoms with Gasteiger partial charge in [0.1, 0.15) is 17.3 Å². The van der Waals surface area contributed by atoms with Gasteiger partial charge in [0.2, 0.25) is 5.91 Å². The van der Waals surface area contributed by atoms with Crippen LogP contribution in [0.25, 0.3) is 0 Å². The van der Waals surface area contributed by atoms with E-state index >= 15 is 0 Å². The van der Waals surface area contributed by atoms with Crippen LogP contribution in [0.3, 0.4) is 0 Å². The lowest BCUT2D eigenvalue weighted by molar-refractivity contribution is -0.116.